The summed E-state index contributed by atoms with van der Waals surface area (Å²) in [5, 5.41) is 49.6. The first-order valence-corrected chi connectivity index (χ1v) is 25.7. The lowest BCUT2D eigenvalue weighted by Crippen LogP contribution is -2.62. The van der Waals surface area contributed by atoms with Crippen molar-refractivity contribution in [1.29, 1.82) is 0 Å². The van der Waals surface area contributed by atoms with Crippen molar-refractivity contribution in [3.63, 3.8) is 0 Å². The van der Waals surface area contributed by atoms with Crippen LogP contribution < -0.4 is 54.4 Å². The molecular weight excluding hydrogens is 1000 g/mol. The average molecular weight is 1080 g/mol. The molecular formula is C50H76N14O13. The number of aliphatic carboxylic acids is 1. The average Bonchev–Trinajstić information content (AvgIpc) is 4.19. The van der Waals surface area contributed by atoms with Crippen molar-refractivity contribution in [2.75, 3.05) is 19.7 Å². The topological polar surface area (TPSA) is 441 Å². The van der Waals surface area contributed by atoms with Crippen LogP contribution in [0.3, 0.4) is 0 Å². The molecule has 0 unspecified atom stereocenters. The van der Waals surface area contributed by atoms with Gasteiger partial charge in [0.15, 0.2) is 0 Å². The predicted molar refractivity (Wildman–Crippen MR) is 278 cm³/mol. The fourth-order valence-corrected chi connectivity index (χ4v) is 8.75. The molecule has 77 heavy (non-hydrogen) atoms. The number of rotatable bonds is 31. The number of aromatic amines is 2. The van der Waals surface area contributed by atoms with Gasteiger partial charge in [0, 0.05) is 48.4 Å². The van der Waals surface area contributed by atoms with Gasteiger partial charge in [-0.25, -0.2) is 9.78 Å². The number of carbonyl (C=O) groups excluding carboxylic acids is 9. The maximum absolute atomic E-state index is 14.6. The number of para-hydroxylation sites is 1. The number of hydrogen-bond donors (Lipinski definition) is 15. The van der Waals surface area contributed by atoms with Crippen molar-refractivity contribution in [2.45, 2.75) is 153 Å². The Morgan fingerprint density at radius 2 is 1.38 bits per heavy atom. The van der Waals surface area contributed by atoms with E-state index in [0.29, 0.717) is 54.4 Å². The van der Waals surface area contributed by atoms with Crippen LogP contribution in [0.5, 0.6) is 0 Å². The van der Waals surface area contributed by atoms with E-state index in [1.165, 1.54) is 24.3 Å². The smallest absolute Gasteiger partial charge is 0.326 e. The van der Waals surface area contributed by atoms with Gasteiger partial charge < -0.3 is 84.6 Å². The number of likely N-dealkylation sites (tertiary alicyclic amines) is 1. The van der Waals surface area contributed by atoms with Crippen LogP contribution in [-0.4, -0.2) is 174 Å². The molecule has 0 aliphatic carbocycles. The number of fused-ring (bicyclic) bond motifs is 1. The van der Waals surface area contributed by atoms with Gasteiger partial charge in [-0.1, -0.05) is 52.3 Å². The Morgan fingerprint density at radius 1 is 0.766 bits per heavy atom. The Balaban J connectivity index is 1.57. The van der Waals surface area contributed by atoms with Crippen molar-refractivity contribution in [2.24, 2.45) is 29.0 Å². The summed E-state index contributed by atoms with van der Waals surface area (Å²) in [5.41, 5.74) is 18.2. The van der Waals surface area contributed by atoms with Crippen LogP contribution in [0, 0.1) is 11.8 Å². The van der Waals surface area contributed by atoms with E-state index < -0.39 is 144 Å². The van der Waals surface area contributed by atoms with Crippen molar-refractivity contribution in [3.8, 4) is 0 Å². The third-order valence-corrected chi connectivity index (χ3v) is 13.4. The van der Waals surface area contributed by atoms with Crippen molar-refractivity contribution >= 4 is 70.0 Å². The van der Waals surface area contributed by atoms with Crippen LogP contribution in [-0.2, 0) is 60.8 Å². The highest BCUT2D eigenvalue weighted by molar-refractivity contribution is 5.99. The van der Waals surface area contributed by atoms with Crippen molar-refractivity contribution in [3.05, 3.63) is 54.2 Å². The third kappa shape index (κ3) is 17.8. The van der Waals surface area contributed by atoms with E-state index in [9.17, 15) is 63.3 Å². The van der Waals surface area contributed by atoms with Gasteiger partial charge in [0.1, 0.15) is 48.3 Å². The van der Waals surface area contributed by atoms with E-state index in [0.717, 1.165) is 0 Å². The number of aromatic nitrogens is 3. The van der Waals surface area contributed by atoms with Gasteiger partial charge in [-0.05, 0) is 69.0 Å². The second kappa shape index (κ2) is 29.7. The highest BCUT2D eigenvalue weighted by Crippen LogP contribution is 2.24. The maximum Gasteiger partial charge on any atom is 0.326 e. The molecule has 1 saturated heterocycles. The van der Waals surface area contributed by atoms with Gasteiger partial charge in [0.2, 0.25) is 53.2 Å². The number of nitrogens with one attached hydrogen (secondary N) is 9. The summed E-state index contributed by atoms with van der Waals surface area (Å²) in [5.74, 6) is -10.2. The molecule has 424 valence electrons. The predicted octanol–water partition coefficient (Wildman–Crippen LogP) is -3.45. The number of primary amides is 1. The lowest BCUT2D eigenvalue weighted by Gasteiger charge is -2.33. The van der Waals surface area contributed by atoms with Crippen LogP contribution in [0.25, 0.3) is 10.9 Å². The number of carboxylic acids is 1. The minimum atomic E-state index is -1.74. The van der Waals surface area contributed by atoms with E-state index in [2.05, 4.69) is 52.2 Å². The summed E-state index contributed by atoms with van der Waals surface area (Å²) in [7, 11) is 0. The first kappa shape index (κ1) is 62.1. The molecule has 1 aliphatic heterocycles. The molecule has 0 spiro atoms. The summed E-state index contributed by atoms with van der Waals surface area (Å²) in [6.45, 7) is 7.31. The number of aliphatic hydroxyl groups excluding tert-OH is 2. The normalized spacial score (nSPS) is 17.3. The summed E-state index contributed by atoms with van der Waals surface area (Å²) in [6, 6.07) is -5.51. The largest absolute Gasteiger partial charge is 0.480 e. The molecule has 0 saturated carbocycles. The Hall–Kier alpha value is -7.49. The molecule has 4 rings (SSSR count). The zero-order valence-corrected chi connectivity index (χ0v) is 44.0. The number of aliphatic hydroxyl groups is 2. The summed E-state index contributed by atoms with van der Waals surface area (Å²) in [4.78, 5) is 146. The van der Waals surface area contributed by atoms with Crippen LogP contribution in [0.1, 0.15) is 90.8 Å². The molecule has 18 N–H and O–H groups in total. The Kier molecular flexibility index (Phi) is 23.9. The molecule has 1 aromatic carbocycles. The molecule has 0 radical (unpaired) electrons. The zero-order chi connectivity index (χ0) is 57.1. The van der Waals surface area contributed by atoms with E-state index in [4.69, 9.17) is 17.2 Å². The van der Waals surface area contributed by atoms with Gasteiger partial charge >= 0.3 is 5.97 Å². The molecule has 1 aliphatic rings. The molecule has 1 fully saturated rings. The summed E-state index contributed by atoms with van der Waals surface area (Å²) in [6.07, 6.45) is 3.70. The molecule has 27 nitrogen and oxygen atoms in total. The van der Waals surface area contributed by atoms with E-state index in [1.807, 2.05) is 0 Å². The number of carboxylic acid groups (broad SMARTS) is 1. The van der Waals surface area contributed by atoms with Gasteiger partial charge in [-0.2, -0.15) is 0 Å². The summed E-state index contributed by atoms with van der Waals surface area (Å²) < 4.78 is 0. The second-order valence-electron chi connectivity index (χ2n) is 19.7. The quantitative estimate of drug-likeness (QED) is 0.0279. The number of unbranched alkanes of at least 4 members (excludes halogenated alkanes) is 1. The maximum atomic E-state index is 14.6. The number of imidazole rings is 1. The molecule has 3 heterocycles. The van der Waals surface area contributed by atoms with Gasteiger partial charge in [0.05, 0.1) is 31.5 Å². The Morgan fingerprint density at radius 3 is 1.99 bits per heavy atom. The van der Waals surface area contributed by atoms with Gasteiger partial charge in [-0.3, -0.25) is 43.2 Å². The number of carbonyl (C=O) groups is 10. The Bertz CT molecular complexity index is 2520. The van der Waals surface area contributed by atoms with E-state index in [-0.39, 0.29) is 32.2 Å². The number of benzene rings is 1. The van der Waals surface area contributed by atoms with E-state index in [1.54, 1.807) is 58.2 Å². The molecule has 3 aromatic rings. The lowest BCUT2D eigenvalue weighted by molar-refractivity contribution is -0.144. The zero-order valence-electron chi connectivity index (χ0n) is 44.0. The monoisotopic (exact) mass is 1080 g/mol. The number of nitrogens with zero attached hydrogens (tertiary/aromatic N) is 2. The third-order valence-electron chi connectivity index (χ3n) is 13.4. The van der Waals surface area contributed by atoms with Crippen LogP contribution in [0.2, 0.25) is 0 Å². The standard InChI is InChI=1S/C50H76N14O13/c1-6-26(4)40(62-45(71)36(23-65)60-47(73)39(25(2)3)61-42(68)31(52)20-38(53)67)49(75)64-17-11-15-37(64)46(72)58-34(18-28-21-55-32-13-8-7-12-30(28)32)44(70)63-41(27(5)66)48(74)59-35(19-29-22-54-24-56-29)43(69)57-33(50(76)77)14-9-10-16-51/h7-8,12-13,21-22,24-27,31,33-37,39-41,55,65-66H,6,9-11,14-20,23,51-52H2,1-5H3,(H2,53,67)(H,54,56)(H,57,69)(H,58,72)(H,59,74)(H,60,73)(H,61,68)(H,62,71)(H,63,70)(H,76,77)/t26-,27+,31-,33-,34-,35-,36-,37-,39-,40-,41-/m0/s1. The highest BCUT2D eigenvalue weighted by atomic mass is 16.4. The minimum absolute atomic E-state index is 0.0520. The fraction of sp³-hybridized carbons (Fsp3) is 0.580. The molecule has 11 atom stereocenters. The van der Waals surface area contributed by atoms with Gasteiger partial charge in [-0.15, -0.1) is 0 Å². The second-order valence-corrected chi connectivity index (χ2v) is 19.7. The lowest BCUT2D eigenvalue weighted by atomic mass is 9.96. The van der Waals surface area contributed by atoms with Crippen LogP contribution in [0.4, 0.5) is 0 Å². The number of amides is 9. The number of hydrogen-bond acceptors (Lipinski definition) is 15. The summed E-state index contributed by atoms with van der Waals surface area (Å²) >= 11 is 0. The van der Waals surface area contributed by atoms with E-state index >= 15 is 0 Å². The van der Waals surface area contributed by atoms with Crippen LogP contribution >= 0.6 is 0 Å². The minimum Gasteiger partial charge on any atom is -0.480 e. The van der Waals surface area contributed by atoms with Crippen LogP contribution in [0.15, 0.2) is 43.0 Å². The Labute approximate surface area is 445 Å². The first-order valence-electron chi connectivity index (χ1n) is 25.7. The highest BCUT2D eigenvalue weighted by Gasteiger charge is 2.42. The molecule has 9 amide bonds. The molecule has 0 bridgehead atoms. The SMILES string of the molecule is CC[C@H](C)[C@H](NC(=O)[C@H](CO)NC(=O)[C@@H](NC(=O)[C@@H](N)CC(N)=O)C(C)C)C(=O)N1CCC[C@H]1C(=O)N[C@@H](Cc1c[nH]c2ccccc12)C(=O)N[C@H](C(=O)N[C@@H](Cc1cnc[nH]1)C(=O)N[C@@H](CCCCN)C(=O)O)[C@@H](C)O. The first-order chi connectivity index (χ1) is 36.5. The van der Waals surface area contributed by atoms with Crippen molar-refractivity contribution < 1.29 is 63.3 Å². The number of H-pyrrole nitrogens is 2. The van der Waals surface area contributed by atoms with Crippen molar-refractivity contribution in [1.82, 2.24) is 57.1 Å². The fourth-order valence-electron chi connectivity index (χ4n) is 8.75. The van der Waals surface area contributed by atoms with Gasteiger partial charge in [0.25, 0.3) is 0 Å². The molecule has 27 heteroatoms. The molecule has 2 aromatic heterocycles. The number of nitrogens with two attached hydrogens (primary N) is 3.